The van der Waals surface area contributed by atoms with E-state index in [4.69, 9.17) is 20.8 Å². The maximum atomic E-state index is 12.2. The van der Waals surface area contributed by atoms with Gasteiger partial charge in [0.15, 0.2) is 6.61 Å². The lowest BCUT2D eigenvalue weighted by molar-refractivity contribution is 0.0438. The summed E-state index contributed by atoms with van der Waals surface area (Å²) in [6.45, 7) is -0.121. The highest BCUT2D eigenvalue weighted by atomic mass is 35.5. The summed E-state index contributed by atoms with van der Waals surface area (Å²) in [5, 5.41) is 12.5. The number of rotatable bonds is 5. The van der Waals surface area contributed by atoms with Crippen molar-refractivity contribution in [2.45, 2.75) is 6.61 Å². The van der Waals surface area contributed by atoms with E-state index in [1.165, 1.54) is 6.33 Å². The van der Waals surface area contributed by atoms with Gasteiger partial charge < -0.3 is 9.15 Å². The normalized spacial score (nSPS) is 10.7. The van der Waals surface area contributed by atoms with E-state index >= 15 is 0 Å². The number of aromatic nitrogens is 5. The molecule has 4 aromatic rings. The minimum absolute atomic E-state index is 0.121. The van der Waals surface area contributed by atoms with Crippen molar-refractivity contribution >= 4 is 17.6 Å². The Kier molecular flexibility index (Phi) is 4.63. The molecule has 9 heteroatoms. The molecule has 0 saturated carbocycles. The van der Waals surface area contributed by atoms with E-state index in [0.717, 1.165) is 11.3 Å². The number of hydrogen-bond acceptors (Lipinski definition) is 7. The predicted octanol–water partition coefficient (Wildman–Crippen LogP) is 3.33. The molecule has 0 radical (unpaired) electrons. The second-order valence-corrected chi connectivity index (χ2v) is 5.91. The lowest BCUT2D eigenvalue weighted by Crippen LogP contribution is -2.06. The summed E-state index contributed by atoms with van der Waals surface area (Å²) in [7, 11) is 0. The number of carbonyl (C=O) groups is 1. The van der Waals surface area contributed by atoms with Crippen molar-refractivity contribution in [3.05, 3.63) is 77.7 Å². The monoisotopic (exact) mass is 381 g/mol. The highest BCUT2D eigenvalue weighted by molar-refractivity contribution is 6.30. The molecule has 2 heterocycles. The number of halogens is 1. The lowest BCUT2D eigenvalue weighted by Gasteiger charge is -2.04. The molecule has 134 valence electrons. The molecule has 0 unspecified atom stereocenters. The van der Waals surface area contributed by atoms with Crippen LogP contribution in [0, 0.1) is 0 Å². The Hall–Kier alpha value is -3.52. The van der Waals surface area contributed by atoms with Gasteiger partial charge in [-0.25, -0.2) is 14.5 Å². The van der Waals surface area contributed by atoms with Crippen molar-refractivity contribution in [2.24, 2.45) is 0 Å². The molecule has 27 heavy (non-hydrogen) atoms. The molecule has 0 N–H and O–H groups in total. The van der Waals surface area contributed by atoms with Gasteiger partial charge in [0.25, 0.3) is 5.89 Å². The van der Waals surface area contributed by atoms with Crippen LogP contribution in [0.3, 0.4) is 0 Å². The van der Waals surface area contributed by atoms with E-state index in [1.54, 1.807) is 59.5 Å². The maximum absolute atomic E-state index is 12.2. The Morgan fingerprint density at radius 3 is 2.56 bits per heavy atom. The minimum Gasteiger partial charge on any atom is -0.452 e. The second kappa shape index (κ2) is 7.38. The largest absolute Gasteiger partial charge is 0.452 e. The zero-order valence-corrected chi connectivity index (χ0v) is 14.6. The van der Waals surface area contributed by atoms with Crippen LogP contribution in [-0.2, 0) is 11.3 Å². The topological polar surface area (TPSA) is 95.9 Å². The molecule has 4 rings (SSSR count). The number of benzene rings is 2. The Bertz CT molecular complexity index is 1040. The van der Waals surface area contributed by atoms with Crippen LogP contribution in [0.5, 0.6) is 0 Å². The Balaban J connectivity index is 1.38. The van der Waals surface area contributed by atoms with Crippen molar-refractivity contribution in [1.82, 2.24) is 25.0 Å². The quantitative estimate of drug-likeness (QED) is 0.489. The number of hydrogen-bond donors (Lipinski definition) is 0. The van der Waals surface area contributed by atoms with Gasteiger partial charge in [0.2, 0.25) is 5.89 Å². The number of esters is 1. The molecule has 0 aliphatic rings. The van der Waals surface area contributed by atoms with Crippen molar-refractivity contribution in [2.75, 3.05) is 0 Å². The molecule has 2 aromatic carbocycles. The molecule has 0 spiro atoms. The number of carbonyl (C=O) groups excluding carboxylic acids is 1. The fraction of sp³-hybridized carbons (Fsp3) is 0.0556. The molecule has 0 amide bonds. The zero-order valence-electron chi connectivity index (χ0n) is 13.8. The fourth-order valence-electron chi connectivity index (χ4n) is 2.32. The van der Waals surface area contributed by atoms with Crippen molar-refractivity contribution in [3.63, 3.8) is 0 Å². The average molecular weight is 382 g/mol. The highest BCUT2D eigenvalue weighted by Gasteiger charge is 2.12. The van der Waals surface area contributed by atoms with Crippen LogP contribution >= 0.6 is 11.6 Å². The third-order valence-electron chi connectivity index (χ3n) is 3.67. The van der Waals surface area contributed by atoms with Crippen LogP contribution in [0.2, 0.25) is 5.02 Å². The van der Waals surface area contributed by atoms with Gasteiger partial charge in [-0.3, -0.25) is 0 Å². The van der Waals surface area contributed by atoms with Crippen LogP contribution in [0.1, 0.15) is 16.2 Å². The van der Waals surface area contributed by atoms with Gasteiger partial charge in [-0.2, -0.15) is 5.10 Å². The van der Waals surface area contributed by atoms with Gasteiger partial charge in [0.1, 0.15) is 12.7 Å². The van der Waals surface area contributed by atoms with Crippen molar-refractivity contribution in [1.29, 1.82) is 0 Å². The van der Waals surface area contributed by atoms with Gasteiger partial charge >= 0.3 is 5.97 Å². The van der Waals surface area contributed by atoms with Gasteiger partial charge in [0, 0.05) is 10.6 Å². The van der Waals surface area contributed by atoms with Crippen molar-refractivity contribution in [3.8, 4) is 17.1 Å². The summed E-state index contributed by atoms with van der Waals surface area (Å²) in [6.07, 6.45) is 3.01. The van der Waals surface area contributed by atoms with Crippen molar-refractivity contribution < 1.29 is 13.9 Å². The van der Waals surface area contributed by atoms with E-state index in [-0.39, 0.29) is 12.5 Å². The number of ether oxygens (including phenoxy) is 1. The molecule has 0 fully saturated rings. The highest BCUT2D eigenvalue weighted by Crippen LogP contribution is 2.20. The number of nitrogens with zero attached hydrogens (tertiary/aromatic N) is 5. The lowest BCUT2D eigenvalue weighted by atomic mass is 10.2. The summed E-state index contributed by atoms with van der Waals surface area (Å²) in [6, 6.07) is 13.8. The molecular formula is C18H12ClN5O3. The van der Waals surface area contributed by atoms with Crippen LogP contribution < -0.4 is 0 Å². The van der Waals surface area contributed by atoms with Gasteiger partial charge in [-0.05, 0) is 48.5 Å². The first-order valence-electron chi connectivity index (χ1n) is 7.89. The zero-order chi connectivity index (χ0) is 18.6. The van der Waals surface area contributed by atoms with Crippen LogP contribution in [0.4, 0.5) is 0 Å². The minimum atomic E-state index is -0.494. The Labute approximate surface area is 158 Å². The van der Waals surface area contributed by atoms with Gasteiger partial charge in [-0.15, -0.1) is 10.2 Å². The Morgan fingerprint density at radius 1 is 1.07 bits per heavy atom. The predicted molar refractivity (Wildman–Crippen MR) is 95.2 cm³/mol. The molecule has 0 aliphatic carbocycles. The molecule has 0 saturated heterocycles. The third kappa shape index (κ3) is 3.85. The smallest absolute Gasteiger partial charge is 0.338 e. The fourth-order valence-corrected chi connectivity index (χ4v) is 2.45. The van der Waals surface area contributed by atoms with E-state index in [0.29, 0.717) is 16.5 Å². The molecule has 8 nitrogen and oxygen atoms in total. The summed E-state index contributed by atoms with van der Waals surface area (Å²) in [5.41, 5.74) is 1.91. The molecule has 0 atom stereocenters. The summed E-state index contributed by atoms with van der Waals surface area (Å²) in [5.74, 6) is 0.0359. The van der Waals surface area contributed by atoms with E-state index in [1.807, 2.05) is 0 Å². The van der Waals surface area contributed by atoms with E-state index < -0.39 is 5.97 Å². The van der Waals surface area contributed by atoms with Crippen LogP contribution in [0.25, 0.3) is 17.1 Å². The first-order valence-corrected chi connectivity index (χ1v) is 8.27. The summed E-state index contributed by atoms with van der Waals surface area (Å²) in [4.78, 5) is 16.0. The standard InChI is InChI=1S/C18H12ClN5O3/c19-14-5-1-12(2-6-14)17-23-22-16(27-17)9-26-18(25)13-3-7-15(8-4-13)24-11-20-10-21-24/h1-8,10-11H,9H2. The summed E-state index contributed by atoms with van der Waals surface area (Å²) < 4.78 is 12.3. The second-order valence-electron chi connectivity index (χ2n) is 5.47. The molecule has 0 aliphatic heterocycles. The molecule has 0 bridgehead atoms. The Morgan fingerprint density at radius 2 is 1.85 bits per heavy atom. The maximum Gasteiger partial charge on any atom is 0.338 e. The summed E-state index contributed by atoms with van der Waals surface area (Å²) >= 11 is 5.85. The SMILES string of the molecule is O=C(OCc1nnc(-c2ccc(Cl)cc2)o1)c1ccc(-n2cncn2)cc1. The van der Waals surface area contributed by atoms with Crippen LogP contribution in [-0.4, -0.2) is 30.9 Å². The first-order chi connectivity index (χ1) is 13.2. The molecule has 2 aromatic heterocycles. The first kappa shape index (κ1) is 16.9. The van der Waals surface area contributed by atoms with E-state index in [2.05, 4.69) is 20.3 Å². The van der Waals surface area contributed by atoms with Crippen LogP contribution in [0.15, 0.2) is 65.6 Å². The van der Waals surface area contributed by atoms with E-state index in [9.17, 15) is 4.79 Å². The van der Waals surface area contributed by atoms with Gasteiger partial charge in [-0.1, -0.05) is 11.6 Å². The third-order valence-corrected chi connectivity index (χ3v) is 3.92. The average Bonchev–Trinajstić information content (AvgIpc) is 3.39. The molecular weight excluding hydrogens is 370 g/mol. The van der Waals surface area contributed by atoms with Gasteiger partial charge in [0.05, 0.1) is 11.3 Å².